The molecule has 2 aromatic rings. The fraction of sp³-hybridized carbons (Fsp3) is 0.444. The first-order chi connectivity index (χ1) is 11.6. The first kappa shape index (κ1) is 16.5. The van der Waals surface area contributed by atoms with Crippen LogP contribution >= 0.6 is 0 Å². The van der Waals surface area contributed by atoms with Gasteiger partial charge < -0.3 is 20.3 Å². The van der Waals surface area contributed by atoms with Crippen molar-refractivity contribution in [3.63, 3.8) is 0 Å². The highest BCUT2D eigenvalue weighted by molar-refractivity contribution is 5.73. The Morgan fingerprint density at radius 2 is 1.96 bits per heavy atom. The van der Waals surface area contributed by atoms with E-state index >= 15 is 0 Å². The van der Waals surface area contributed by atoms with Crippen molar-refractivity contribution in [1.82, 2.24) is 20.2 Å². The highest BCUT2D eigenvalue weighted by Crippen LogP contribution is 2.28. The predicted molar refractivity (Wildman–Crippen MR) is 91.4 cm³/mol. The molecule has 1 heterocycles. The topological polar surface area (TPSA) is 79.2 Å². The minimum absolute atomic E-state index is 0.274. The molecule has 0 saturated heterocycles. The number of amides is 2. The van der Waals surface area contributed by atoms with E-state index in [1.807, 2.05) is 29.0 Å². The number of carbonyl (C=O) groups excluding carboxylic acids is 1. The molecule has 0 unspecified atom stereocenters. The van der Waals surface area contributed by atoms with Crippen LogP contribution in [0.1, 0.15) is 37.1 Å². The molecule has 0 aliphatic heterocycles. The number of nitrogens with zero attached hydrogens (tertiary/aromatic N) is 2. The molecule has 1 fully saturated rings. The summed E-state index contributed by atoms with van der Waals surface area (Å²) in [6.07, 6.45) is 7.21. The Balaban J connectivity index is 1.48. The second kappa shape index (κ2) is 7.49. The second-order valence-corrected chi connectivity index (χ2v) is 6.42. The van der Waals surface area contributed by atoms with Crippen LogP contribution in [-0.2, 0) is 13.1 Å². The van der Waals surface area contributed by atoms with E-state index in [1.54, 1.807) is 6.20 Å². The number of rotatable bonds is 6. The molecule has 3 N–H and O–H groups in total. The van der Waals surface area contributed by atoms with Crippen LogP contribution in [0.5, 0.6) is 0 Å². The number of carbonyl (C=O) groups is 1. The molecule has 6 nitrogen and oxygen atoms in total. The van der Waals surface area contributed by atoms with Gasteiger partial charge in [-0.05, 0) is 18.4 Å². The zero-order valence-electron chi connectivity index (χ0n) is 13.7. The smallest absolute Gasteiger partial charge is 0.315 e. The van der Waals surface area contributed by atoms with Gasteiger partial charge in [-0.1, -0.05) is 43.2 Å². The first-order valence-corrected chi connectivity index (χ1v) is 8.43. The molecule has 0 radical (unpaired) electrons. The van der Waals surface area contributed by atoms with Gasteiger partial charge in [0.1, 0.15) is 5.82 Å². The van der Waals surface area contributed by atoms with Crippen molar-refractivity contribution in [2.45, 2.75) is 44.4 Å². The van der Waals surface area contributed by atoms with E-state index in [2.05, 4.69) is 27.8 Å². The standard InChI is InChI=1S/C18H24N4O2/c23-17(21-14-18(24)8-4-5-9-18)20-12-16-19-10-11-22(16)13-15-6-2-1-3-7-15/h1-3,6-7,10-11,24H,4-5,8-9,12-14H2,(H2,20,21,23). The van der Waals surface area contributed by atoms with E-state index in [4.69, 9.17) is 0 Å². The monoisotopic (exact) mass is 328 g/mol. The van der Waals surface area contributed by atoms with Crippen LogP contribution in [0.15, 0.2) is 42.7 Å². The molecular formula is C18H24N4O2. The van der Waals surface area contributed by atoms with E-state index in [9.17, 15) is 9.90 Å². The van der Waals surface area contributed by atoms with Crippen LogP contribution in [0, 0.1) is 0 Å². The molecule has 6 heteroatoms. The molecule has 1 aromatic heterocycles. The van der Waals surface area contributed by atoms with E-state index in [-0.39, 0.29) is 6.03 Å². The molecule has 0 atom stereocenters. The van der Waals surface area contributed by atoms with E-state index in [0.29, 0.717) is 13.1 Å². The van der Waals surface area contributed by atoms with Crippen molar-refractivity contribution in [3.8, 4) is 0 Å². The number of aliphatic hydroxyl groups is 1. The summed E-state index contributed by atoms with van der Waals surface area (Å²) in [7, 11) is 0. The van der Waals surface area contributed by atoms with Gasteiger partial charge in [-0.25, -0.2) is 9.78 Å². The van der Waals surface area contributed by atoms with E-state index in [0.717, 1.165) is 38.1 Å². The maximum atomic E-state index is 11.9. The number of benzene rings is 1. The molecule has 1 aliphatic carbocycles. The molecule has 0 bridgehead atoms. The number of urea groups is 1. The molecule has 24 heavy (non-hydrogen) atoms. The van der Waals surface area contributed by atoms with Crippen LogP contribution in [0.4, 0.5) is 4.79 Å². The van der Waals surface area contributed by atoms with Gasteiger partial charge >= 0.3 is 6.03 Å². The zero-order valence-corrected chi connectivity index (χ0v) is 13.7. The summed E-state index contributed by atoms with van der Waals surface area (Å²) in [6, 6.07) is 9.85. The Labute approximate surface area is 141 Å². The Morgan fingerprint density at radius 3 is 2.71 bits per heavy atom. The minimum atomic E-state index is -0.733. The average Bonchev–Trinajstić information content (AvgIpc) is 3.22. The van der Waals surface area contributed by atoms with Crippen LogP contribution in [0.2, 0.25) is 0 Å². The van der Waals surface area contributed by atoms with Gasteiger partial charge in [0.05, 0.1) is 12.1 Å². The molecule has 128 valence electrons. The summed E-state index contributed by atoms with van der Waals surface area (Å²) < 4.78 is 2.01. The highest BCUT2D eigenvalue weighted by Gasteiger charge is 2.31. The van der Waals surface area contributed by atoms with Gasteiger partial charge in [-0.3, -0.25) is 0 Å². The molecule has 1 saturated carbocycles. The quantitative estimate of drug-likeness (QED) is 0.759. The lowest BCUT2D eigenvalue weighted by molar-refractivity contribution is 0.0501. The normalized spacial score (nSPS) is 16.0. The number of imidazole rings is 1. The molecule has 3 rings (SSSR count). The summed E-state index contributed by atoms with van der Waals surface area (Å²) in [4.78, 5) is 16.2. The van der Waals surface area contributed by atoms with Gasteiger partial charge in [0.25, 0.3) is 0 Å². The minimum Gasteiger partial charge on any atom is -0.388 e. The first-order valence-electron chi connectivity index (χ1n) is 8.43. The highest BCUT2D eigenvalue weighted by atomic mass is 16.3. The molecular weight excluding hydrogens is 304 g/mol. The number of hydrogen-bond donors (Lipinski definition) is 3. The Morgan fingerprint density at radius 1 is 1.21 bits per heavy atom. The van der Waals surface area contributed by atoms with Crippen molar-refractivity contribution in [1.29, 1.82) is 0 Å². The lowest BCUT2D eigenvalue weighted by atomic mass is 10.0. The Kier molecular flexibility index (Phi) is 5.15. The number of nitrogens with one attached hydrogen (secondary N) is 2. The third-order valence-electron chi connectivity index (χ3n) is 4.52. The van der Waals surface area contributed by atoms with Gasteiger partial charge in [0.15, 0.2) is 0 Å². The van der Waals surface area contributed by atoms with E-state index < -0.39 is 5.60 Å². The summed E-state index contributed by atoms with van der Waals surface area (Å²) in [5.41, 5.74) is 0.452. The van der Waals surface area contributed by atoms with Crippen LogP contribution < -0.4 is 10.6 Å². The van der Waals surface area contributed by atoms with Crippen molar-refractivity contribution in [3.05, 3.63) is 54.1 Å². The SMILES string of the molecule is O=C(NCc1nccn1Cc1ccccc1)NCC1(O)CCCC1. The Bertz CT molecular complexity index is 663. The van der Waals surface area contributed by atoms with Crippen LogP contribution in [-0.4, -0.2) is 32.8 Å². The third-order valence-corrected chi connectivity index (χ3v) is 4.52. The van der Waals surface area contributed by atoms with Gasteiger partial charge in [-0.2, -0.15) is 0 Å². The van der Waals surface area contributed by atoms with Crippen molar-refractivity contribution >= 4 is 6.03 Å². The maximum absolute atomic E-state index is 11.9. The third kappa shape index (κ3) is 4.35. The average molecular weight is 328 g/mol. The lowest BCUT2D eigenvalue weighted by Crippen LogP contribution is -2.45. The molecule has 0 spiro atoms. The van der Waals surface area contributed by atoms with Gasteiger partial charge in [0.2, 0.25) is 0 Å². The molecule has 1 aliphatic rings. The van der Waals surface area contributed by atoms with Crippen LogP contribution in [0.3, 0.4) is 0 Å². The zero-order chi connectivity index (χ0) is 16.8. The Hall–Kier alpha value is -2.34. The van der Waals surface area contributed by atoms with Gasteiger partial charge in [-0.15, -0.1) is 0 Å². The second-order valence-electron chi connectivity index (χ2n) is 6.42. The van der Waals surface area contributed by atoms with Crippen molar-refractivity contribution < 1.29 is 9.90 Å². The lowest BCUT2D eigenvalue weighted by Gasteiger charge is -2.22. The largest absolute Gasteiger partial charge is 0.388 e. The van der Waals surface area contributed by atoms with Crippen molar-refractivity contribution in [2.24, 2.45) is 0 Å². The summed E-state index contributed by atoms with van der Waals surface area (Å²) in [5, 5.41) is 15.8. The molecule has 2 amide bonds. The summed E-state index contributed by atoms with van der Waals surface area (Å²) in [6.45, 7) is 1.38. The van der Waals surface area contributed by atoms with Crippen LogP contribution in [0.25, 0.3) is 0 Å². The number of hydrogen-bond acceptors (Lipinski definition) is 3. The van der Waals surface area contributed by atoms with Crippen molar-refractivity contribution in [2.75, 3.05) is 6.54 Å². The van der Waals surface area contributed by atoms with Gasteiger partial charge in [0, 0.05) is 25.5 Å². The summed E-state index contributed by atoms with van der Waals surface area (Å²) >= 11 is 0. The fourth-order valence-corrected chi connectivity index (χ4v) is 3.11. The fourth-order valence-electron chi connectivity index (χ4n) is 3.11. The summed E-state index contributed by atoms with van der Waals surface area (Å²) in [5.74, 6) is 0.800. The van der Waals surface area contributed by atoms with E-state index in [1.165, 1.54) is 5.56 Å². The maximum Gasteiger partial charge on any atom is 0.315 e. The predicted octanol–water partition coefficient (Wildman–Crippen LogP) is 2.04. The molecule has 1 aromatic carbocycles. The number of aromatic nitrogens is 2.